The van der Waals surface area contributed by atoms with Gasteiger partial charge in [0.05, 0.1) is 36.2 Å². The minimum Gasteiger partial charge on any atom is -0.497 e. The first-order valence-electron chi connectivity index (χ1n) is 13.9. The zero-order chi connectivity index (χ0) is 29.3. The van der Waals surface area contributed by atoms with Crippen molar-refractivity contribution in [2.75, 3.05) is 12.0 Å². The second-order valence-electron chi connectivity index (χ2n) is 10.7. The average molecular weight is 561 g/mol. The number of hydrogen-bond donors (Lipinski definition) is 1. The lowest BCUT2D eigenvalue weighted by molar-refractivity contribution is -0.126. The summed E-state index contributed by atoms with van der Waals surface area (Å²) < 4.78 is 13.3. The number of aromatic nitrogens is 1. The molecule has 6 rings (SSSR count). The minimum absolute atomic E-state index is 0.0569. The molecule has 0 bridgehead atoms. The van der Waals surface area contributed by atoms with Crippen LogP contribution < -0.4 is 25.7 Å². The Balaban J connectivity index is 1.53. The van der Waals surface area contributed by atoms with E-state index in [0.717, 1.165) is 53.1 Å². The van der Waals surface area contributed by atoms with Gasteiger partial charge >= 0.3 is 0 Å². The summed E-state index contributed by atoms with van der Waals surface area (Å²) in [6.07, 6.45) is 7.33. The summed E-state index contributed by atoms with van der Waals surface area (Å²) in [6.45, 7) is 0.373. The third kappa shape index (κ3) is 4.85. The normalized spacial score (nSPS) is 15.6. The summed E-state index contributed by atoms with van der Waals surface area (Å²) in [5.74, 6) is 1.67. The van der Waals surface area contributed by atoms with Crippen molar-refractivity contribution in [3.63, 3.8) is 0 Å². The highest BCUT2D eigenvalue weighted by molar-refractivity contribution is 6.14. The van der Waals surface area contributed by atoms with Gasteiger partial charge in [-0.05, 0) is 78.7 Å². The molecule has 2 heterocycles. The first-order valence-corrected chi connectivity index (χ1v) is 13.9. The molecule has 1 amide bonds. The first-order chi connectivity index (χ1) is 20.4. The fourth-order valence-electron chi connectivity index (χ4n) is 5.68. The fraction of sp³-hybridized carbons (Fsp3) is 0.206. The molecule has 4 aromatic rings. The fourth-order valence-corrected chi connectivity index (χ4v) is 5.68. The Morgan fingerprint density at radius 2 is 1.76 bits per heavy atom. The topological polar surface area (TPSA) is 99.2 Å². The molecule has 0 saturated heterocycles. The summed E-state index contributed by atoms with van der Waals surface area (Å²) >= 11 is 0. The van der Waals surface area contributed by atoms with Crippen molar-refractivity contribution in [2.45, 2.75) is 31.2 Å². The van der Waals surface area contributed by atoms with Crippen LogP contribution in [0.25, 0.3) is 0 Å². The van der Waals surface area contributed by atoms with E-state index in [-0.39, 0.29) is 11.5 Å². The Kier molecular flexibility index (Phi) is 7.12. The second kappa shape index (κ2) is 11.0. The van der Waals surface area contributed by atoms with E-state index in [1.807, 2.05) is 65.6 Å². The second-order valence-corrected chi connectivity index (χ2v) is 10.7. The van der Waals surface area contributed by atoms with E-state index in [0.29, 0.717) is 23.8 Å². The van der Waals surface area contributed by atoms with Crippen molar-refractivity contribution in [2.24, 2.45) is 17.8 Å². The monoisotopic (exact) mass is 560 g/mol. The number of rotatable bonds is 8. The number of nitrogens with two attached hydrogens (primary N) is 1. The third-order valence-corrected chi connectivity index (χ3v) is 8.08. The zero-order valence-electron chi connectivity index (χ0n) is 23.6. The van der Waals surface area contributed by atoms with Crippen molar-refractivity contribution >= 4 is 23.0 Å². The lowest BCUT2D eigenvalue weighted by Crippen LogP contribution is -2.44. The van der Waals surface area contributed by atoms with Gasteiger partial charge in [-0.25, -0.2) is 4.99 Å². The molecule has 3 aromatic carbocycles. The van der Waals surface area contributed by atoms with Crippen molar-refractivity contribution in [3.05, 3.63) is 124 Å². The largest absolute Gasteiger partial charge is 0.497 e. The molecule has 1 aromatic heterocycles. The van der Waals surface area contributed by atoms with Gasteiger partial charge in [0, 0.05) is 24.9 Å². The lowest BCUT2D eigenvalue weighted by Gasteiger charge is -2.37. The minimum atomic E-state index is -0.632. The number of allylic oxidation sites excluding steroid dienone is 1. The summed E-state index contributed by atoms with van der Waals surface area (Å²) in [5, 5.41) is 0. The molecular formula is C34H32N4O4. The number of carbonyl (C=O) groups is 1. The number of nitrogens with zero attached hydrogens (tertiary/aromatic N) is 3. The third-order valence-electron chi connectivity index (χ3n) is 8.08. The smallest absolute Gasteiger partial charge is 0.253 e. The van der Waals surface area contributed by atoms with Gasteiger partial charge in [0.15, 0.2) is 5.75 Å². The summed E-state index contributed by atoms with van der Waals surface area (Å²) in [7, 11) is 3.31. The summed E-state index contributed by atoms with van der Waals surface area (Å²) in [5.41, 5.74) is 9.81. The van der Waals surface area contributed by atoms with E-state index in [9.17, 15) is 9.59 Å². The van der Waals surface area contributed by atoms with Gasteiger partial charge in [0.1, 0.15) is 11.5 Å². The number of ether oxygens (including phenoxy) is 2. The van der Waals surface area contributed by atoms with Gasteiger partial charge in [-0.2, -0.15) is 0 Å². The lowest BCUT2D eigenvalue weighted by atomic mass is 9.65. The number of carbonyl (C=O) groups excluding carboxylic acids is 1. The van der Waals surface area contributed by atoms with E-state index < -0.39 is 5.41 Å². The van der Waals surface area contributed by atoms with Crippen molar-refractivity contribution in [3.8, 4) is 17.2 Å². The first kappa shape index (κ1) is 27.1. The maximum atomic E-state index is 14.2. The standard InChI is InChI=1S/C34H32N4O4/c1-37-18-14-27(21-31(37)39)42-30-20-24(29(13-17-35)36-25-7-4-3-5-8-25)19-28-32(30)38(33(40)34(28)15-6-16-34)22-23-9-11-26(41-2)12-10-23/h3-5,7-14,17-21H,6,15-16,22,35H2,1-2H3. The van der Waals surface area contributed by atoms with Crippen molar-refractivity contribution in [1.29, 1.82) is 0 Å². The number of amides is 1. The number of hydrogen-bond acceptors (Lipinski definition) is 6. The van der Waals surface area contributed by atoms with Crippen molar-refractivity contribution < 1.29 is 14.3 Å². The van der Waals surface area contributed by atoms with Crippen LogP contribution in [0.2, 0.25) is 0 Å². The summed E-state index contributed by atoms with van der Waals surface area (Å²) in [4.78, 5) is 33.4. The van der Waals surface area contributed by atoms with E-state index in [1.54, 1.807) is 32.5 Å². The number of benzene rings is 3. The number of fused-ring (bicyclic) bond motifs is 2. The molecule has 2 N–H and O–H groups in total. The maximum absolute atomic E-state index is 14.2. The van der Waals surface area contributed by atoms with Crippen LogP contribution in [0, 0.1) is 0 Å². The maximum Gasteiger partial charge on any atom is 0.253 e. The number of aliphatic imine (C=N–C) groups is 1. The molecule has 1 saturated carbocycles. The predicted molar refractivity (Wildman–Crippen MR) is 164 cm³/mol. The Hall–Kier alpha value is -5.11. The van der Waals surface area contributed by atoms with Crippen LogP contribution >= 0.6 is 0 Å². The summed E-state index contributed by atoms with van der Waals surface area (Å²) in [6, 6.07) is 24.5. The van der Waals surface area contributed by atoms with E-state index >= 15 is 0 Å². The van der Waals surface area contributed by atoms with E-state index in [1.165, 1.54) is 16.8 Å². The molecule has 42 heavy (non-hydrogen) atoms. The number of pyridine rings is 1. The molecule has 1 aliphatic carbocycles. The molecule has 1 fully saturated rings. The molecule has 212 valence electrons. The molecular weight excluding hydrogens is 528 g/mol. The van der Waals surface area contributed by atoms with Crippen molar-refractivity contribution in [1.82, 2.24) is 4.57 Å². The van der Waals surface area contributed by atoms with Gasteiger partial charge in [-0.3, -0.25) is 9.59 Å². The number of methoxy groups -OCH3 is 1. The molecule has 1 spiro atoms. The van der Waals surface area contributed by atoms with Crippen LogP contribution in [0.3, 0.4) is 0 Å². The Labute approximate surface area is 244 Å². The zero-order valence-corrected chi connectivity index (χ0v) is 23.6. The molecule has 0 radical (unpaired) electrons. The van der Waals surface area contributed by atoms with Crippen LogP contribution in [0.1, 0.15) is 36.0 Å². The van der Waals surface area contributed by atoms with Crippen LogP contribution in [0.15, 0.2) is 107 Å². The van der Waals surface area contributed by atoms with Crippen LogP contribution in [0.4, 0.5) is 11.4 Å². The average Bonchev–Trinajstić information content (AvgIpc) is 3.23. The molecule has 8 heteroatoms. The predicted octanol–water partition coefficient (Wildman–Crippen LogP) is 5.75. The number of para-hydroxylation sites is 1. The van der Waals surface area contributed by atoms with Gasteiger partial charge in [-0.1, -0.05) is 36.8 Å². The SMILES string of the molecule is COc1ccc(CN2C(=O)C3(CCC3)c3cc(C(C=CN)=Nc4ccccc4)cc(Oc4ccn(C)c(=O)c4)c32)cc1. The Morgan fingerprint density at radius 3 is 2.40 bits per heavy atom. The molecule has 0 atom stereocenters. The number of aryl methyl sites for hydroxylation is 1. The van der Waals surface area contributed by atoms with Crippen LogP contribution in [-0.2, 0) is 23.8 Å². The molecule has 8 nitrogen and oxygen atoms in total. The van der Waals surface area contributed by atoms with Gasteiger partial charge < -0.3 is 24.7 Å². The van der Waals surface area contributed by atoms with Gasteiger partial charge in [-0.15, -0.1) is 0 Å². The number of anilines is 1. The molecule has 1 aliphatic heterocycles. The Bertz CT molecular complexity index is 1750. The van der Waals surface area contributed by atoms with Crippen LogP contribution in [-0.4, -0.2) is 23.3 Å². The molecule has 0 unspecified atom stereocenters. The highest BCUT2D eigenvalue weighted by Crippen LogP contribution is 2.57. The van der Waals surface area contributed by atoms with Gasteiger partial charge in [0.25, 0.3) is 5.56 Å². The van der Waals surface area contributed by atoms with Crippen LogP contribution in [0.5, 0.6) is 17.2 Å². The highest BCUT2D eigenvalue weighted by Gasteiger charge is 2.55. The van der Waals surface area contributed by atoms with E-state index in [2.05, 4.69) is 6.07 Å². The molecule has 2 aliphatic rings. The quantitative estimate of drug-likeness (QED) is 0.277. The van der Waals surface area contributed by atoms with Gasteiger partial charge in [0.2, 0.25) is 5.91 Å². The highest BCUT2D eigenvalue weighted by atomic mass is 16.5. The Morgan fingerprint density at radius 1 is 1.00 bits per heavy atom. The van der Waals surface area contributed by atoms with E-state index in [4.69, 9.17) is 20.2 Å².